The number of para-hydroxylation sites is 1. The van der Waals surface area contributed by atoms with Crippen molar-refractivity contribution in [3.8, 4) is 6.07 Å². The van der Waals surface area contributed by atoms with E-state index in [9.17, 15) is 4.79 Å². The summed E-state index contributed by atoms with van der Waals surface area (Å²) in [4.78, 5) is 12.0. The van der Waals surface area contributed by atoms with Crippen LogP contribution in [0.15, 0.2) is 60.3 Å². The van der Waals surface area contributed by atoms with Crippen molar-refractivity contribution < 1.29 is 4.79 Å². The molecule has 0 aliphatic rings. The van der Waals surface area contributed by atoms with Crippen LogP contribution in [0, 0.1) is 11.3 Å². The van der Waals surface area contributed by atoms with Gasteiger partial charge in [0.2, 0.25) is 0 Å². The molecule has 4 nitrogen and oxygen atoms in total. The molecule has 2 aromatic carbocycles. The van der Waals surface area contributed by atoms with Crippen molar-refractivity contribution in [1.82, 2.24) is 0 Å². The summed E-state index contributed by atoms with van der Waals surface area (Å²) in [5.41, 5.74) is 1.08. The third kappa shape index (κ3) is 4.26. The van der Waals surface area contributed by atoms with E-state index < -0.39 is 5.91 Å². The van der Waals surface area contributed by atoms with Crippen molar-refractivity contribution in [3.05, 3.63) is 70.3 Å². The Morgan fingerprint density at radius 2 is 1.86 bits per heavy atom. The number of carbonyl (C=O) groups excluding carboxylic acids is 1. The zero-order chi connectivity index (χ0) is 15.9. The van der Waals surface area contributed by atoms with Gasteiger partial charge in [-0.1, -0.05) is 41.4 Å². The molecule has 0 spiro atoms. The first kappa shape index (κ1) is 15.9. The standard InChI is InChI=1S/C16H11Cl2N3O/c17-12-6-7-15(14(18)8-12)20-10-11(9-19)16(22)21-13-4-2-1-3-5-13/h1-8,10,20H,(H,21,22)/b11-10+. The second kappa shape index (κ2) is 7.51. The zero-order valence-electron chi connectivity index (χ0n) is 11.3. The molecule has 1 amide bonds. The number of halogens is 2. The van der Waals surface area contributed by atoms with Gasteiger partial charge in [0, 0.05) is 16.9 Å². The van der Waals surface area contributed by atoms with Crippen molar-refractivity contribution in [1.29, 1.82) is 5.26 Å². The van der Waals surface area contributed by atoms with E-state index in [0.717, 1.165) is 0 Å². The maximum absolute atomic E-state index is 12.0. The first-order valence-corrected chi connectivity index (χ1v) is 7.04. The number of benzene rings is 2. The van der Waals surface area contributed by atoms with Gasteiger partial charge >= 0.3 is 0 Å². The van der Waals surface area contributed by atoms with Gasteiger partial charge in [-0.3, -0.25) is 4.79 Å². The second-order valence-corrected chi connectivity index (χ2v) is 5.10. The highest BCUT2D eigenvalue weighted by atomic mass is 35.5. The average Bonchev–Trinajstić information content (AvgIpc) is 2.50. The van der Waals surface area contributed by atoms with Crippen LogP contribution < -0.4 is 10.6 Å². The van der Waals surface area contributed by atoms with Gasteiger partial charge in [-0.05, 0) is 30.3 Å². The monoisotopic (exact) mass is 331 g/mol. The van der Waals surface area contributed by atoms with Crippen LogP contribution in [0.2, 0.25) is 10.0 Å². The van der Waals surface area contributed by atoms with Crippen LogP contribution in [0.1, 0.15) is 0 Å². The number of nitrogens with one attached hydrogen (secondary N) is 2. The van der Waals surface area contributed by atoms with E-state index >= 15 is 0 Å². The topological polar surface area (TPSA) is 64.9 Å². The van der Waals surface area contributed by atoms with Crippen LogP contribution in [-0.2, 0) is 4.79 Å². The van der Waals surface area contributed by atoms with E-state index in [1.54, 1.807) is 42.5 Å². The van der Waals surface area contributed by atoms with Crippen molar-refractivity contribution in [2.24, 2.45) is 0 Å². The van der Waals surface area contributed by atoms with Crippen LogP contribution in [0.5, 0.6) is 0 Å². The molecule has 0 fully saturated rings. The lowest BCUT2D eigenvalue weighted by molar-refractivity contribution is -0.112. The van der Waals surface area contributed by atoms with Crippen LogP contribution in [0.25, 0.3) is 0 Å². The predicted octanol–water partition coefficient (Wildman–Crippen LogP) is 4.45. The van der Waals surface area contributed by atoms with Crippen LogP contribution in [-0.4, -0.2) is 5.91 Å². The van der Waals surface area contributed by atoms with Crippen molar-refractivity contribution in [2.75, 3.05) is 10.6 Å². The highest BCUT2D eigenvalue weighted by Crippen LogP contribution is 2.25. The number of amides is 1. The molecule has 0 heterocycles. The number of nitrogens with zero attached hydrogens (tertiary/aromatic N) is 1. The van der Waals surface area contributed by atoms with Crippen LogP contribution in [0.3, 0.4) is 0 Å². The number of carbonyl (C=O) groups is 1. The molecule has 2 N–H and O–H groups in total. The van der Waals surface area contributed by atoms with Gasteiger partial charge in [0.05, 0.1) is 10.7 Å². The molecule has 0 aromatic heterocycles. The zero-order valence-corrected chi connectivity index (χ0v) is 12.8. The fourth-order valence-corrected chi connectivity index (χ4v) is 2.09. The quantitative estimate of drug-likeness (QED) is 0.642. The summed E-state index contributed by atoms with van der Waals surface area (Å²) in [6, 6.07) is 15.6. The Kier molecular flexibility index (Phi) is 5.42. The summed E-state index contributed by atoms with van der Waals surface area (Å²) < 4.78 is 0. The number of hydrogen-bond acceptors (Lipinski definition) is 3. The molecule has 0 unspecified atom stereocenters. The molecular formula is C16H11Cl2N3O. The molecule has 0 radical (unpaired) electrons. The van der Waals surface area contributed by atoms with Crippen molar-refractivity contribution in [3.63, 3.8) is 0 Å². The third-order valence-electron chi connectivity index (χ3n) is 2.70. The summed E-state index contributed by atoms with van der Waals surface area (Å²) in [6.45, 7) is 0. The molecule has 110 valence electrons. The fraction of sp³-hybridized carbons (Fsp3) is 0. The van der Waals surface area contributed by atoms with Gasteiger partial charge in [-0.2, -0.15) is 5.26 Å². The SMILES string of the molecule is N#C/C(=C\Nc1ccc(Cl)cc1Cl)C(=O)Nc1ccccc1. The summed E-state index contributed by atoms with van der Waals surface area (Å²) in [5.74, 6) is -0.508. The Bertz CT molecular complexity index is 752. The highest BCUT2D eigenvalue weighted by Gasteiger charge is 2.09. The normalized spacial score (nSPS) is 10.7. The number of hydrogen-bond donors (Lipinski definition) is 2. The van der Waals surface area contributed by atoms with E-state index in [1.807, 2.05) is 12.1 Å². The second-order valence-electron chi connectivity index (χ2n) is 4.26. The van der Waals surface area contributed by atoms with E-state index in [4.69, 9.17) is 28.5 Å². The molecule has 2 rings (SSSR count). The number of rotatable bonds is 4. The van der Waals surface area contributed by atoms with Gasteiger partial charge in [0.1, 0.15) is 11.6 Å². The lowest BCUT2D eigenvalue weighted by atomic mass is 10.2. The van der Waals surface area contributed by atoms with E-state index in [2.05, 4.69) is 10.6 Å². The first-order chi connectivity index (χ1) is 10.6. The van der Waals surface area contributed by atoms with Gasteiger partial charge in [0.25, 0.3) is 5.91 Å². The van der Waals surface area contributed by atoms with Gasteiger partial charge in [-0.25, -0.2) is 0 Å². The number of anilines is 2. The molecular weight excluding hydrogens is 321 g/mol. The lowest BCUT2D eigenvalue weighted by Crippen LogP contribution is -2.14. The molecule has 0 saturated carbocycles. The molecule has 0 aliphatic carbocycles. The molecule has 22 heavy (non-hydrogen) atoms. The summed E-state index contributed by atoms with van der Waals surface area (Å²) in [6.07, 6.45) is 1.30. The summed E-state index contributed by atoms with van der Waals surface area (Å²) in [7, 11) is 0. The van der Waals surface area contributed by atoms with E-state index in [-0.39, 0.29) is 5.57 Å². The summed E-state index contributed by atoms with van der Waals surface area (Å²) in [5, 5.41) is 15.4. The minimum absolute atomic E-state index is 0.0742. The predicted molar refractivity (Wildman–Crippen MR) is 88.9 cm³/mol. The Morgan fingerprint density at radius 3 is 2.50 bits per heavy atom. The van der Waals surface area contributed by atoms with E-state index in [0.29, 0.717) is 21.4 Å². The third-order valence-corrected chi connectivity index (χ3v) is 3.25. The van der Waals surface area contributed by atoms with Crippen molar-refractivity contribution >= 4 is 40.5 Å². The van der Waals surface area contributed by atoms with Gasteiger partial charge in [0.15, 0.2) is 0 Å². The summed E-state index contributed by atoms with van der Waals surface area (Å²) >= 11 is 11.8. The molecule has 0 aliphatic heterocycles. The van der Waals surface area contributed by atoms with Crippen molar-refractivity contribution in [2.45, 2.75) is 0 Å². The first-order valence-electron chi connectivity index (χ1n) is 6.28. The van der Waals surface area contributed by atoms with Crippen LogP contribution in [0.4, 0.5) is 11.4 Å². The fourth-order valence-electron chi connectivity index (χ4n) is 1.62. The smallest absolute Gasteiger partial charge is 0.267 e. The van der Waals surface area contributed by atoms with Gasteiger partial charge < -0.3 is 10.6 Å². The Hall–Kier alpha value is -2.48. The molecule has 6 heteroatoms. The Morgan fingerprint density at radius 1 is 1.14 bits per heavy atom. The van der Waals surface area contributed by atoms with Gasteiger partial charge in [-0.15, -0.1) is 0 Å². The maximum atomic E-state index is 12.0. The van der Waals surface area contributed by atoms with Crippen LogP contribution >= 0.6 is 23.2 Å². The molecule has 0 bridgehead atoms. The highest BCUT2D eigenvalue weighted by molar-refractivity contribution is 6.36. The number of nitriles is 1. The lowest BCUT2D eigenvalue weighted by Gasteiger charge is -2.06. The van der Waals surface area contributed by atoms with E-state index in [1.165, 1.54) is 6.20 Å². The molecule has 2 aromatic rings. The average molecular weight is 332 g/mol. The Labute approximate surface area is 138 Å². The minimum Gasteiger partial charge on any atom is -0.359 e. The minimum atomic E-state index is -0.508. The molecule has 0 atom stereocenters. The largest absolute Gasteiger partial charge is 0.359 e. The Balaban J connectivity index is 2.10. The maximum Gasteiger partial charge on any atom is 0.267 e. The molecule has 0 saturated heterocycles.